The van der Waals surface area contributed by atoms with E-state index in [1.54, 1.807) is 6.07 Å². The summed E-state index contributed by atoms with van der Waals surface area (Å²) in [6.07, 6.45) is 4.55. The Kier molecular flexibility index (Phi) is 5.09. The molecule has 0 spiro atoms. The highest BCUT2D eigenvalue weighted by molar-refractivity contribution is 7.99. The Hall–Kier alpha value is -1.43. The van der Waals surface area contributed by atoms with Gasteiger partial charge in [0.05, 0.1) is 17.4 Å². The van der Waals surface area contributed by atoms with Crippen molar-refractivity contribution >= 4 is 29.2 Å². The Labute approximate surface area is 105 Å². The van der Waals surface area contributed by atoms with Crippen LogP contribution in [0.2, 0.25) is 0 Å². The number of aromatic nitrogens is 1. The van der Waals surface area contributed by atoms with E-state index < -0.39 is 5.91 Å². The highest BCUT2D eigenvalue weighted by Gasteiger charge is 2.07. The molecule has 5 nitrogen and oxygen atoms in total. The summed E-state index contributed by atoms with van der Waals surface area (Å²) in [6.45, 7) is 2.97. The number of hydrogen-bond acceptors (Lipinski definition) is 5. The molecule has 94 valence electrons. The van der Waals surface area contributed by atoms with Gasteiger partial charge in [0.2, 0.25) is 0 Å². The van der Waals surface area contributed by atoms with E-state index >= 15 is 0 Å². The lowest BCUT2D eigenvalue weighted by Crippen LogP contribution is -2.15. The van der Waals surface area contributed by atoms with Crippen LogP contribution in [0.15, 0.2) is 12.3 Å². The molecule has 1 amide bonds. The second-order valence-electron chi connectivity index (χ2n) is 3.78. The average Bonchev–Trinajstić information content (AvgIpc) is 2.30. The molecule has 0 aliphatic carbocycles. The molecule has 5 N–H and O–H groups in total. The first kappa shape index (κ1) is 13.6. The summed E-state index contributed by atoms with van der Waals surface area (Å²) < 4.78 is 0. The lowest BCUT2D eigenvalue weighted by molar-refractivity contribution is 0.100. The molecule has 1 aromatic heterocycles. The quantitative estimate of drug-likeness (QED) is 0.711. The van der Waals surface area contributed by atoms with Crippen LogP contribution in [0.4, 0.5) is 11.5 Å². The number of carbonyl (C=O) groups is 1. The molecule has 0 saturated carbocycles. The number of primary amides is 1. The number of hydrogen-bond donors (Lipinski definition) is 3. The maximum atomic E-state index is 11.1. The first-order chi connectivity index (χ1) is 8.04. The van der Waals surface area contributed by atoms with Gasteiger partial charge in [-0.15, -0.1) is 0 Å². The van der Waals surface area contributed by atoms with E-state index in [-0.39, 0.29) is 0 Å². The summed E-state index contributed by atoms with van der Waals surface area (Å²) in [5, 5.41) is 3.73. The molecule has 0 saturated heterocycles. The minimum absolute atomic E-state index is 0.306. The van der Waals surface area contributed by atoms with Crippen LogP contribution in [0.5, 0.6) is 0 Å². The molecular weight excluding hydrogens is 236 g/mol. The summed E-state index contributed by atoms with van der Waals surface area (Å²) in [6, 6.07) is 1.58. The number of anilines is 2. The van der Waals surface area contributed by atoms with E-state index in [0.29, 0.717) is 22.3 Å². The van der Waals surface area contributed by atoms with Crippen LogP contribution in [-0.2, 0) is 0 Å². The highest BCUT2D eigenvalue weighted by Crippen LogP contribution is 2.15. The van der Waals surface area contributed by atoms with Gasteiger partial charge in [-0.1, -0.05) is 6.92 Å². The van der Waals surface area contributed by atoms with Gasteiger partial charge in [-0.3, -0.25) is 4.79 Å². The Bertz CT molecular complexity index is 397. The van der Waals surface area contributed by atoms with Crippen LogP contribution in [0.25, 0.3) is 0 Å². The van der Waals surface area contributed by atoms with Crippen molar-refractivity contribution in [3.63, 3.8) is 0 Å². The molecule has 1 heterocycles. The molecule has 0 fully saturated rings. The standard InChI is InChI=1S/C11H18N4OS/c1-7(17-2)3-4-14-10-5-8(11(13)16)9(12)6-15-10/h5-7H,3-4,12H2,1-2H3,(H2,13,16)(H,14,15). The molecule has 1 atom stereocenters. The number of amides is 1. The third-order valence-electron chi connectivity index (χ3n) is 2.46. The lowest BCUT2D eigenvalue weighted by Gasteiger charge is -2.10. The zero-order chi connectivity index (χ0) is 12.8. The number of rotatable bonds is 6. The van der Waals surface area contributed by atoms with Crippen LogP contribution in [0, 0.1) is 0 Å². The van der Waals surface area contributed by atoms with Crippen LogP contribution in [0.1, 0.15) is 23.7 Å². The molecule has 0 bridgehead atoms. The summed E-state index contributed by atoms with van der Waals surface area (Å²) >= 11 is 1.82. The number of nitrogens with two attached hydrogens (primary N) is 2. The molecular formula is C11H18N4OS. The lowest BCUT2D eigenvalue weighted by atomic mass is 10.2. The average molecular weight is 254 g/mol. The molecule has 0 aliphatic heterocycles. The Morgan fingerprint density at radius 2 is 2.35 bits per heavy atom. The van der Waals surface area contributed by atoms with Gasteiger partial charge >= 0.3 is 0 Å². The normalized spacial score (nSPS) is 12.1. The van der Waals surface area contributed by atoms with E-state index in [9.17, 15) is 4.79 Å². The molecule has 0 aliphatic rings. The van der Waals surface area contributed by atoms with E-state index in [1.165, 1.54) is 6.20 Å². The van der Waals surface area contributed by atoms with Crippen molar-refractivity contribution in [3.8, 4) is 0 Å². The molecule has 6 heteroatoms. The van der Waals surface area contributed by atoms with Gasteiger partial charge in [-0.2, -0.15) is 11.8 Å². The maximum Gasteiger partial charge on any atom is 0.250 e. The Balaban J connectivity index is 2.60. The molecule has 1 aromatic rings. The van der Waals surface area contributed by atoms with Crippen LogP contribution in [0.3, 0.4) is 0 Å². The molecule has 0 aromatic carbocycles. The number of nitrogen functional groups attached to an aromatic ring is 1. The number of nitrogens with one attached hydrogen (secondary N) is 1. The number of carbonyl (C=O) groups excluding carboxylic acids is 1. The molecule has 0 radical (unpaired) electrons. The summed E-state index contributed by atoms with van der Waals surface area (Å²) in [5.41, 5.74) is 11.4. The molecule has 1 unspecified atom stereocenters. The van der Waals surface area contributed by atoms with Crippen molar-refractivity contribution in [3.05, 3.63) is 17.8 Å². The SMILES string of the molecule is CSC(C)CCNc1cc(C(N)=O)c(N)cn1. The summed E-state index contributed by atoms with van der Waals surface area (Å²) in [4.78, 5) is 15.2. The van der Waals surface area contributed by atoms with Crippen molar-refractivity contribution in [2.75, 3.05) is 23.9 Å². The van der Waals surface area contributed by atoms with E-state index in [4.69, 9.17) is 11.5 Å². The van der Waals surface area contributed by atoms with E-state index in [1.807, 2.05) is 11.8 Å². The second kappa shape index (κ2) is 6.34. The zero-order valence-corrected chi connectivity index (χ0v) is 10.9. The van der Waals surface area contributed by atoms with Crippen molar-refractivity contribution in [2.24, 2.45) is 5.73 Å². The van der Waals surface area contributed by atoms with Gasteiger partial charge in [-0.05, 0) is 18.7 Å². The van der Waals surface area contributed by atoms with E-state index in [2.05, 4.69) is 23.5 Å². The topological polar surface area (TPSA) is 94.0 Å². The van der Waals surface area contributed by atoms with Gasteiger partial charge in [0.25, 0.3) is 5.91 Å². The Morgan fingerprint density at radius 3 is 2.94 bits per heavy atom. The second-order valence-corrected chi connectivity index (χ2v) is 5.06. The number of pyridine rings is 1. The van der Waals surface area contributed by atoms with Crippen molar-refractivity contribution in [1.82, 2.24) is 4.98 Å². The van der Waals surface area contributed by atoms with Crippen LogP contribution >= 0.6 is 11.8 Å². The van der Waals surface area contributed by atoms with Gasteiger partial charge in [0.1, 0.15) is 5.82 Å². The Morgan fingerprint density at radius 1 is 1.65 bits per heavy atom. The first-order valence-corrected chi connectivity index (χ1v) is 6.65. The van der Waals surface area contributed by atoms with E-state index in [0.717, 1.165) is 13.0 Å². The maximum absolute atomic E-state index is 11.1. The van der Waals surface area contributed by atoms with Crippen molar-refractivity contribution < 1.29 is 4.79 Å². The minimum Gasteiger partial charge on any atom is -0.397 e. The fourth-order valence-corrected chi connectivity index (χ4v) is 1.65. The minimum atomic E-state index is -0.537. The highest BCUT2D eigenvalue weighted by atomic mass is 32.2. The van der Waals surface area contributed by atoms with Gasteiger partial charge in [0.15, 0.2) is 0 Å². The predicted molar refractivity (Wildman–Crippen MR) is 73.3 cm³/mol. The number of thioether (sulfide) groups is 1. The largest absolute Gasteiger partial charge is 0.397 e. The zero-order valence-electron chi connectivity index (χ0n) is 10.1. The predicted octanol–water partition coefficient (Wildman–Crippen LogP) is 1.32. The monoisotopic (exact) mass is 254 g/mol. The summed E-state index contributed by atoms with van der Waals surface area (Å²) in [5.74, 6) is 0.0896. The smallest absolute Gasteiger partial charge is 0.250 e. The van der Waals surface area contributed by atoms with Crippen molar-refractivity contribution in [1.29, 1.82) is 0 Å². The molecule has 1 rings (SSSR count). The van der Waals surface area contributed by atoms with Crippen LogP contribution < -0.4 is 16.8 Å². The third-order valence-corrected chi connectivity index (χ3v) is 3.50. The molecule has 17 heavy (non-hydrogen) atoms. The fourth-order valence-electron chi connectivity index (χ4n) is 1.30. The number of nitrogens with zero attached hydrogens (tertiary/aromatic N) is 1. The third kappa shape index (κ3) is 4.14. The summed E-state index contributed by atoms with van der Waals surface area (Å²) in [7, 11) is 0. The van der Waals surface area contributed by atoms with Crippen molar-refractivity contribution in [2.45, 2.75) is 18.6 Å². The van der Waals surface area contributed by atoms with Gasteiger partial charge < -0.3 is 16.8 Å². The van der Waals surface area contributed by atoms with Gasteiger partial charge in [-0.25, -0.2) is 4.98 Å². The fraction of sp³-hybridized carbons (Fsp3) is 0.455. The van der Waals surface area contributed by atoms with Gasteiger partial charge in [0, 0.05) is 11.8 Å². The van der Waals surface area contributed by atoms with Crippen LogP contribution in [-0.4, -0.2) is 28.9 Å². The first-order valence-electron chi connectivity index (χ1n) is 5.36.